The smallest absolute Gasteiger partial charge is 0.253 e. The fourth-order valence-electron chi connectivity index (χ4n) is 1.08. The highest BCUT2D eigenvalue weighted by molar-refractivity contribution is 4.78. The Hall–Kier alpha value is -0.830. The van der Waals surface area contributed by atoms with Crippen LogP contribution in [0.3, 0.4) is 0 Å². The molecule has 0 unspecified atom stereocenters. The van der Waals surface area contributed by atoms with E-state index in [1.54, 1.807) is 0 Å². The Morgan fingerprint density at radius 1 is 1.64 bits per heavy atom. The monoisotopic (exact) mass is 155 g/mol. The topological polar surface area (TPSA) is 29.0 Å². The van der Waals surface area contributed by atoms with Crippen LogP contribution in [0.15, 0.2) is 12.4 Å². The molecule has 3 heteroatoms. The average molecular weight is 155 g/mol. The van der Waals surface area contributed by atoms with E-state index in [-0.39, 0.29) is 6.61 Å². The molecule has 0 amide bonds. The van der Waals surface area contributed by atoms with Crippen molar-refractivity contribution in [3.05, 3.63) is 18.2 Å². The maximum Gasteiger partial charge on any atom is 0.253 e. The standard InChI is InChI=1S/C8H15N2O/c1-8-9(2)5-6-10(8)4-3-7-11/h5-6,11H,3-4,7H2,1-2H3/q+1. The molecule has 1 heterocycles. The first-order chi connectivity index (χ1) is 5.25. The van der Waals surface area contributed by atoms with Crippen molar-refractivity contribution in [1.29, 1.82) is 0 Å². The van der Waals surface area contributed by atoms with Gasteiger partial charge in [-0.25, -0.2) is 9.13 Å². The third kappa shape index (κ3) is 1.80. The van der Waals surface area contributed by atoms with Gasteiger partial charge in [0.05, 0.1) is 13.6 Å². The first kappa shape index (κ1) is 8.27. The average Bonchev–Trinajstić information content (AvgIpc) is 2.31. The number of aliphatic hydroxyl groups excluding tert-OH is 1. The zero-order chi connectivity index (χ0) is 8.27. The summed E-state index contributed by atoms with van der Waals surface area (Å²) >= 11 is 0. The van der Waals surface area contributed by atoms with E-state index in [2.05, 4.69) is 16.1 Å². The molecule has 0 fully saturated rings. The van der Waals surface area contributed by atoms with Crippen LogP contribution < -0.4 is 4.57 Å². The summed E-state index contributed by atoms with van der Waals surface area (Å²) in [5, 5.41) is 8.61. The fourth-order valence-corrected chi connectivity index (χ4v) is 1.08. The van der Waals surface area contributed by atoms with Gasteiger partial charge in [-0.15, -0.1) is 0 Å². The molecule has 0 atom stereocenters. The summed E-state index contributed by atoms with van der Waals surface area (Å²) < 4.78 is 4.20. The lowest BCUT2D eigenvalue weighted by Crippen LogP contribution is -2.29. The molecule has 0 saturated carbocycles. The summed E-state index contributed by atoms with van der Waals surface area (Å²) in [6.07, 6.45) is 4.88. The second-order valence-corrected chi connectivity index (χ2v) is 2.73. The van der Waals surface area contributed by atoms with Crippen molar-refractivity contribution in [2.75, 3.05) is 6.61 Å². The zero-order valence-electron chi connectivity index (χ0n) is 7.12. The molecule has 1 N–H and O–H groups in total. The summed E-state index contributed by atoms with van der Waals surface area (Å²) in [5.41, 5.74) is 0. The summed E-state index contributed by atoms with van der Waals surface area (Å²) in [7, 11) is 2.02. The van der Waals surface area contributed by atoms with Gasteiger partial charge in [0.1, 0.15) is 12.4 Å². The Morgan fingerprint density at radius 2 is 2.36 bits per heavy atom. The second-order valence-electron chi connectivity index (χ2n) is 2.73. The molecule has 1 aromatic rings. The van der Waals surface area contributed by atoms with Crippen LogP contribution in [0.4, 0.5) is 0 Å². The lowest BCUT2D eigenvalue weighted by molar-refractivity contribution is -0.677. The third-order valence-electron chi connectivity index (χ3n) is 1.95. The van der Waals surface area contributed by atoms with Crippen molar-refractivity contribution in [3.63, 3.8) is 0 Å². The third-order valence-corrected chi connectivity index (χ3v) is 1.95. The summed E-state index contributed by atoms with van der Waals surface area (Å²) in [5.74, 6) is 1.22. The molecule has 0 spiro atoms. The van der Waals surface area contributed by atoms with Crippen molar-refractivity contribution < 1.29 is 9.67 Å². The van der Waals surface area contributed by atoms with Gasteiger partial charge in [0.15, 0.2) is 0 Å². The number of hydrogen-bond donors (Lipinski definition) is 1. The molecule has 3 nitrogen and oxygen atoms in total. The van der Waals surface area contributed by atoms with Gasteiger partial charge in [0, 0.05) is 20.0 Å². The predicted octanol–water partition coefficient (Wildman–Crippen LogP) is 0.00342. The van der Waals surface area contributed by atoms with Gasteiger partial charge in [-0.1, -0.05) is 0 Å². The van der Waals surface area contributed by atoms with Crippen LogP contribution in [-0.2, 0) is 13.6 Å². The Labute approximate surface area is 66.9 Å². The number of aromatic nitrogens is 2. The maximum absolute atomic E-state index is 8.61. The van der Waals surface area contributed by atoms with Gasteiger partial charge < -0.3 is 5.11 Å². The fraction of sp³-hybridized carbons (Fsp3) is 0.625. The summed E-state index contributed by atoms with van der Waals surface area (Å²) in [4.78, 5) is 0. The van der Waals surface area contributed by atoms with Gasteiger partial charge in [0.25, 0.3) is 5.82 Å². The normalized spacial score (nSPS) is 10.5. The molecule has 62 valence electrons. The van der Waals surface area contributed by atoms with Crippen molar-refractivity contribution in [3.8, 4) is 0 Å². The van der Waals surface area contributed by atoms with Gasteiger partial charge in [0.2, 0.25) is 0 Å². The quantitative estimate of drug-likeness (QED) is 0.612. The van der Waals surface area contributed by atoms with E-state index < -0.39 is 0 Å². The molecule has 0 radical (unpaired) electrons. The second kappa shape index (κ2) is 3.53. The van der Waals surface area contributed by atoms with Crippen molar-refractivity contribution in [2.45, 2.75) is 19.9 Å². The first-order valence-electron chi connectivity index (χ1n) is 3.88. The van der Waals surface area contributed by atoms with E-state index in [1.165, 1.54) is 5.82 Å². The molecular formula is C8H15N2O+. The molecular weight excluding hydrogens is 140 g/mol. The lowest BCUT2D eigenvalue weighted by atomic mass is 10.4. The first-order valence-corrected chi connectivity index (χ1v) is 3.88. The van der Waals surface area contributed by atoms with Gasteiger partial charge in [-0.05, 0) is 0 Å². The minimum Gasteiger partial charge on any atom is -0.396 e. The Kier molecular flexibility index (Phi) is 2.65. The van der Waals surface area contributed by atoms with Crippen molar-refractivity contribution >= 4 is 0 Å². The van der Waals surface area contributed by atoms with E-state index in [1.807, 2.05) is 19.4 Å². The van der Waals surface area contributed by atoms with Gasteiger partial charge in [-0.2, -0.15) is 0 Å². The van der Waals surface area contributed by atoms with Gasteiger partial charge in [-0.3, -0.25) is 0 Å². The molecule has 0 bridgehead atoms. The Bertz CT molecular complexity index is 230. The maximum atomic E-state index is 8.61. The highest BCUT2D eigenvalue weighted by atomic mass is 16.3. The highest BCUT2D eigenvalue weighted by Crippen LogP contribution is 1.94. The van der Waals surface area contributed by atoms with Crippen LogP contribution in [0, 0.1) is 6.92 Å². The van der Waals surface area contributed by atoms with E-state index in [0.717, 1.165) is 13.0 Å². The number of hydrogen-bond acceptors (Lipinski definition) is 1. The molecule has 0 aliphatic heterocycles. The number of nitrogens with zero attached hydrogens (tertiary/aromatic N) is 2. The van der Waals surface area contributed by atoms with Crippen LogP contribution in [0.1, 0.15) is 12.2 Å². The highest BCUT2D eigenvalue weighted by Gasteiger charge is 2.06. The minimum absolute atomic E-state index is 0.265. The number of rotatable bonds is 3. The Balaban J connectivity index is 2.63. The molecule has 0 aromatic carbocycles. The molecule has 0 saturated heterocycles. The van der Waals surface area contributed by atoms with Crippen molar-refractivity contribution in [1.82, 2.24) is 4.57 Å². The number of aryl methyl sites for hydroxylation is 2. The summed E-state index contributed by atoms with van der Waals surface area (Å²) in [6, 6.07) is 0. The van der Waals surface area contributed by atoms with E-state index in [4.69, 9.17) is 5.11 Å². The number of aliphatic hydroxyl groups is 1. The van der Waals surface area contributed by atoms with Crippen LogP contribution >= 0.6 is 0 Å². The molecule has 1 aromatic heterocycles. The molecule has 0 aliphatic rings. The van der Waals surface area contributed by atoms with E-state index in [0.29, 0.717) is 0 Å². The minimum atomic E-state index is 0.265. The molecule has 0 aliphatic carbocycles. The molecule has 11 heavy (non-hydrogen) atoms. The van der Waals surface area contributed by atoms with Gasteiger partial charge >= 0.3 is 0 Å². The van der Waals surface area contributed by atoms with Crippen LogP contribution in [0.25, 0.3) is 0 Å². The molecule has 1 rings (SSSR count). The lowest BCUT2D eigenvalue weighted by Gasteiger charge is -1.95. The van der Waals surface area contributed by atoms with Crippen molar-refractivity contribution in [2.24, 2.45) is 7.05 Å². The SMILES string of the molecule is Cc1n(CCCO)cc[n+]1C. The predicted molar refractivity (Wildman–Crippen MR) is 42.0 cm³/mol. The number of imidazole rings is 1. The van der Waals surface area contributed by atoms with Crippen LogP contribution in [0.2, 0.25) is 0 Å². The summed E-state index contributed by atoms with van der Waals surface area (Å²) in [6.45, 7) is 3.24. The van der Waals surface area contributed by atoms with Crippen LogP contribution in [0.5, 0.6) is 0 Å². The Morgan fingerprint density at radius 3 is 2.82 bits per heavy atom. The van der Waals surface area contributed by atoms with E-state index >= 15 is 0 Å². The largest absolute Gasteiger partial charge is 0.396 e. The van der Waals surface area contributed by atoms with E-state index in [9.17, 15) is 0 Å². The van der Waals surface area contributed by atoms with Crippen LogP contribution in [-0.4, -0.2) is 16.3 Å². The zero-order valence-corrected chi connectivity index (χ0v) is 7.12.